The topological polar surface area (TPSA) is 65.4 Å². The van der Waals surface area contributed by atoms with Crippen molar-refractivity contribution < 1.29 is 14.3 Å². The van der Waals surface area contributed by atoms with Gasteiger partial charge in [-0.1, -0.05) is 19.1 Å². The minimum Gasteiger partial charge on any atom is -0.490 e. The number of carbonyl (C=O) groups excluding carboxylic acids is 1. The van der Waals surface area contributed by atoms with Crippen molar-refractivity contribution in [3.05, 3.63) is 47.3 Å². The minimum atomic E-state index is -0.113. The van der Waals surface area contributed by atoms with Crippen LogP contribution < -0.4 is 10.1 Å². The van der Waals surface area contributed by atoms with Crippen molar-refractivity contribution in [2.75, 3.05) is 19.8 Å². The molecule has 2 atom stereocenters. The van der Waals surface area contributed by atoms with E-state index >= 15 is 0 Å². The van der Waals surface area contributed by atoms with Crippen LogP contribution in [0.25, 0.3) is 0 Å². The third kappa shape index (κ3) is 5.32. The van der Waals surface area contributed by atoms with Crippen LogP contribution in [-0.2, 0) is 11.3 Å². The molecule has 27 heavy (non-hydrogen) atoms. The molecule has 1 aromatic heterocycles. The van der Waals surface area contributed by atoms with Crippen molar-refractivity contribution in [1.82, 2.24) is 15.1 Å². The van der Waals surface area contributed by atoms with Crippen molar-refractivity contribution in [2.24, 2.45) is 5.92 Å². The van der Waals surface area contributed by atoms with Crippen molar-refractivity contribution in [3.8, 4) is 5.75 Å². The summed E-state index contributed by atoms with van der Waals surface area (Å²) in [5.41, 5.74) is 2.72. The molecule has 0 aliphatic carbocycles. The molecule has 0 bridgehead atoms. The second kappa shape index (κ2) is 9.04. The number of hydrogen-bond acceptors (Lipinski definition) is 4. The largest absolute Gasteiger partial charge is 0.490 e. The number of nitrogens with one attached hydrogen (secondary N) is 1. The molecule has 1 aliphatic rings. The maximum Gasteiger partial charge on any atom is 0.255 e. The summed E-state index contributed by atoms with van der Waals surface area (Å²) in [6.07, 6.45) is 2.21. The zero-order chi connectivity index (χ0) is 19.2. The van der Waals surface area contributed by atoms with Gasteiger partial charge < -0.3 is 14.8 Å². The number of ether oxygens (including phenoxy) is 2. The van der Waals surface area contributed by atoms with Gasteiger partial charge in [0.05, 0.1) is 17.4 Å². The fourth-order valence-electron chi connectivity index (χ4n) is 3.32. The van der Waals surface area contributed by atoms with E-state index in [1.165, 1.54) is 0 Å². The lowest BCUT2D eigenvalue weighted by Gasteiger charge is -2.16. The number of nitrogens with zero attached hydrogens (tertiary/aromatic N) is 2. The lowest BCUT2D eigenvalue weighted by molar-refractivity contribution is 0.0670. The first kappa shape index (κ1) is 19.4. The van der Waals surface area contributed by atoms with E-state index in [0.29, 0.717) is 24.5 Å². The third-order valence-corrected chi connectivity index (χ3v) is 4.78. The molecule has 1 fully saturated rings. The Morgan fingerprint density at radius 2 is 2.22 bits per heavy atom. The van der Waals surface area contributed by atoms with Crippen LogP contribution in [-0.4, -0.2) is 41.6 Å². The van der Waals surface area contributed by atoms with Gasteiger partial charge in [0.2, 0.25) is 0 Å². The van der Waals surface area contributed by atoms with Gasteiger partial charge >= 0.3 is 0 Å². The van der Waals surface area contributed by atoms with E-state index in [9.17, 15) is 4.79 Å². The first-order chi connectivity index (χ1) is 13.0. The third-order valence-electron chi connectivity index (χ3n) is 4.78. The Labute approximate surface area is 160 Å². The van der Waals surface area contributed by atoms with Crippen LogP contribution in [0, 0.1) is 19.8 Å². The predicted octanol–water partition coefficient (Wildman–Crippen LogP) is 3.12. The Hall–Kier alpha value is -2.34. The van der Waals surface area contributed by atoms with Crippen molar-refractivity contribution in [1.29, 1.82) is 0 Å². The zero-order valence-electron chi connectivity index (χ0n) is 16.4. The normalized spacial score (nSPS) is 17.7. The standard InChI is InChI=1S/C21H29N3O3/c1-15(13-24-17(3)11-16(2)23-24)12-22-21(25)19-8-4-5-9-20(19)27-14-18-7-6-10-26-18/h4-5,8-9,11,15,18H,6-7,10,12-14H2,1-3H3,(H,22,25)/t15-,18+/m0/s1. The van der Waals surface area contributed by atoms with Gasteiger partial charge in [0.15, 0.2) is 0 Å². The molecule has 0 radical (unpaired) electrons. The average molecular weight is 371 g/mol. The average Bonchev–Trinajstić information content (AvgIpc) is 3.28. The van der Waals surface area contributed by atoms with Gasteiger partial charge in [-0.3, -0.25) is 9.48 Å². The smallest absolute Gasteiger partial charge is 0.255 e. The van der Waals surface area contributed by atoms with Gasteiger partial charge in [-0.25, -0.2) is 0 Å². The molecular weight excluding hydrogens is 342 g/mol. The van der Waals surface area contributed by atoms with E-state index in [0.717, 1.165) is 37.4 Å². The summed E-state index contributed by atoms with van der Waals surface area (Å²) in [6, 6.07) is 9.43. The fourth-order valence-corrected chi connectivity index (χ4v) is 3.32. The first-order valence-corrected chi connectivity index (χ1v) is 9.65. The van der Waals surface area contributed by atoms with Gasteiger partial charge in [0.1, 0.15) is 12.4 Å². The molecule has 1 aliphatic heterocycles. The van der Waals surface area contributed by atoms with Gasteiger partial charge in [-0.15, -0.1) is 0 Å². The SMILES string of the molecule is Cc1cc(C)n(C[C@@H](C)CNC(=O)c2ccccc2OC[C@H]2CCCO2)n1. The summed E-state index contributed by atoms with van der Waals surface area (Å²) in [5, 5.41) is 7.51. The summed E-state index contributed by atoms with van der Waals surface area (Å²) in [4.78, 5) is 12.6. The second-order valence-electron chi connectivity index (χ2n) is 7.37. The lowest BCUT2D eigenvalue weighted by atomic mass is 10.1. The van der Waals surface area contributed by atoms with Crippen LogP contribution in [0.15, 0.2) is 30.3 Å². The van der Waals surface area contributed by atoms with Crippen LogP contribution >= 0.6 is 0 Å². The number of rotatable bonds is 8. The van der Waals surface area contributed by atoms with E-state index in [4.69, 9.17) is 9.47 Å². The quantitative estimate of drug-likeness (QED) is 0.774. The molecule has 1 N–H and O–H groups in total. The Bertz CT molecular complexity index is 766. The lowest BCUT2D eigenvalue weighted by Crippen LogP contribution is -2.31. The number of para-hydroxylation sites is 1. The molecular formula is C21H29N3O3. The molecule has 0 saturated carbocycles. The van der Waals surface area contributed by atoms with Crippen LogP contribution in [0.2, 0.25) is 0 Å². The highest BCUT2D eigenvalue weighted by Crippen LogP contribution is 2.20. The molecule has 146 valence electrons. The second-order valence-corrected chi connectivity index (χ2v) is 7.37. The number of aromatic nitrogens is 2. The van der Waals surface area contributed by atoms with Crippen LogP contribution in [0.3, 0.4) is 0 Å². The van der Waals surface area contributed by atoms with Gasteiger partial charge in [-0.05, 0) is 50.8 Å². The maximum absolute atomic E-state index is 12.6. The Kier molecular flexibility index (Phi) is 6.50. The van der Waals surface area contributed by atoms with E-state index in [1.54, 1.807) is 6.07 Å². The number of carbonyl (C=O) groups is 1. The molecule has 2 heterocycles. The van der Waals surface area contributed by atoms with E-state index in [-0.39, 0.29) is 17.9 Å². The molecule has 0 unspecified atom stereocenters. The van der Waals surface area contributed by atoms with Gasteiger partial charge in [-0.2, -0.15) is 5.10 Å². The molecule has 3 rings (SSSR count). The molecule has 1 amide bonds. The summed E-state index contributed by atoms with van der Waals surface area (Å²) >= 11 is 0. The molecule has 2 aromatic rings. The van der Waals surface area contributed by atoms with Crippen LogP contribution in [0.1, 0.15) is 41.5 Å². The molecule has 0 spiro atoms. The summed E-state index contributed by atoms with van der Waals surface area (Å²) in [7, 11) is 0. The number of benzene rings is 1. The maximum atomic E-state index is 12.6. The molecule has 1 saturated heterocycles. The minimum absolute atomic E-state index is 0.113. The number of aryl methyl sites for hydroxylation is 2. The highest BCUT2D eigenvalue weighted by atomic mass is 16.5. The first-order valence-electron chi connectivity index (χ1n) is 9.65. The molecule has 6 nitrogen and oxygen atoms in total. The fraction of sp³-hybridized carbons (Fsp3) is 0.524. The zero-order valence-corrected chi connectivity index (χ0v) is 16.4. The monoisotopic (exact) mass is 371 g/mol. The molecule has 6 heteroatoms. The Morgan fingerprint density at radius 1 is 1.41 bits per heavy atom. The van der Waals surface area contributed by atoms with E-state index in [2.05, 4.69) is 23.4 Å². The van der Waals surface area contributed by atoms with Crippen molar-refractivity contribution in [2.45, 2.75) is 46.3 Å². The summed E-state index contributed by atoms with van der Waals surface area (Å²) in [5.74, 6) is 0.766. The highest BCUT2D eigenvalue weighted by Gasteiger charge is 2.18. The van der Waals surface area contributed by atoms with Gasteiger partial charge in [0.25, 0.3) is 5.91 Å². The van der Waals surface area contributed by atoms with Crippen LogP contribution in [0.5, 0.6) is 5.75 Å². The van der Waals surface area contributed by atoms with E-state index in [1.807, 2.05) is 36.7 Å². The van der Waals surface area contributed by atoms with E-state index < -0.39 is 0 Å². The number of amides is 1. The predicted molar refractivity (Wildman–Crippen MR) is 104 cm³/mol. The summed E-state index contributed by atoms with van der Waals surface area (Å²) in [6.45, 7) is 8.78. The summed E-state index contributed by atoms with van der Waals surface area (Å²) < 4.78 is 13.4. The van der Waals surface area contributed by atoms with Crippen molar-refractivity contribution >= 4 is 5.91 Å². The van der Waals surface area contributed by atoms with Crippen LogP contribution in [0.4, 0.5) is 0 Å². The molecule has 1 aromatic carbocycles. The Balaban J connectivity index is 1.53. The highest BCUT2D eigenvalue weighted by molar-refractivity contribution is 5.96. The Morgan fingerprint density at radius 3 is 2.93 bits per heavy atom. The number of hydrogen-bond donors (Lipinski definition) is 1. The van der Waals surface area contributed by atoms with Gasteiger partial charge in [0, 0.05) is 25.4 Å². The van der Waals surface area contributed by atoms with Crippen molar-refractivity contribution in [3.63, 3.8) is 0 Å².